The van der Waals surface area contributed by atoms with E-state index in [0.29, 0.717) is 12.5 Å². The number of ether oxygens (including phenoxy) is 1. The maximum atomic E-state index is 12.2. The maximum Gasteiger partial charge on any atom is 0.573 e. The summed E-state index contributed by atoms with van der Waals surface area (Å²) in [5.41, 5.74) is 6.77. The lowest BCUT2D eigenvalue weighted by Gasteiger charge is -2.35. The fourth-order valence-electron chi connectivity index (χ4n) is 2.49. The molecule has 2 atom stereocenters. The fraction of sp³-hybridized carbons (Fsp3) is 0.571. The van der Waals surface area contributed by atoms with Gasteiger partial charge in [-0.25, -0.2) is 0 Å². The minimum Gasteiger partial charge on any atom is -0.406 e. The molecule has 6 heteroatoms. The van der Waals surface area contributed by atoms with Gasteiger partial charge in [-0.15, -0.1) is 13.2 Å². The van der Waals surface area contributed by atoms with Crippen molar-refractivity contribution in [2.75, 3.05) is 13.1 Å². The second-order valence-corrected chi connectivity index (χ2v) is 5.36. The zero-order chi connectivity index (χ0) is 14.8. The molecule has 0 saturated carbocycles. The first-order valence-electron chi connectivity index (χ1n) is 6.66. The monoisotopic (exact) mass is 288 g/mol. The quantitative estimate of drug-likeness (QED) is 0.929. The Balaban J connectivity index is 1.98. The van der Waals surface area contributed by atoms with Crippen LogP contribution in [-0.4, -0.2) is 30.4 Å². The predicted octanol–water partition coefficient (Wildman–Crippen LogP) is 2.75. The third kappa shape index (κ3) is 4.38. The van der Waals surface area contributed by atoms with Crippen LogP contribution in [0.2, 0.25) is 0 Å². The Morgan fingerprint density at radius 3 is 2.80 bits per heavy atom. The Hall–Kier alpha value is -1.27. The van der Waals surface area contributed by atoms with Crippen molar-refractivity contribution in [3.05, 3.63) is 29.8 Å². The van der Waals surface area contributed by atoms with E-state index in [4.69, 9.17) is 5.73 Å². The number of alkyl halides is 3. The summed E-state index contributed by atoms with van der Waals surface area (Å²) in [7, 11) is 0. The summed E-state index contributed by atoms with van der Waals surface area (Å²) < 4.78 is 40.5. The molecule has 0 aromatic heterocycles. The molecule has 1 saturated heterocycles. The molecule has 1 heterocycles. The van der Waals surface area contributed by atoms with Crippen molar-refractivity contribution >= 4 is 0 Å². The van der Waals surface area contributed by atoms with Gasteiger partial charge in [0.05, 0.1) is 0 Å². The molecule has 3 nitrogen and oxygen atoms in total. The zero-order valence-electron chi connectivity index (χ0n) is 11.4. The van der Waals surface area contributed by atoms with Gasteiger partial charge in [0.1, 0.15) is 5.75 Å². The minimum absolute atomic E-state index is 0.170. The standard InChI is InChI=1S/C14H19F3N2O/c1-10-8-19(6-5-13(10)18)9-11-3-2-4-12(7-11)20-14(15,16)17/h2-4,7,10,13H,5-6,8-9,18H2,1H3. The zero-order valence-corrected chi connectivity index (χ0v) is 11.4. The highest BCUT2D eigenvalue weighted by molar-refractivity contribution is 5.28. The van der Waals surface area contributed by atoms with Crippen molar-refractivity contribution in [3.8, 4) is 5.75 Å². The van der Waals surface area contributed by atoms with Gasteiger partial charge in [0.25, 0.3) is 0 Å². The van der Waals surface area contributed by atoms with Gasteiger partial charge in [-0.1, -0.05) is 19.1 Å². The van der Waals surface area contributed by atoms with Gasteiger partial charge in [-0.3, -0.25) is 4.90 Å². The molecule has 0 spiro atoms. The molecular weight excluding hydrogens is 269 g/mol. The number of nitrogens with zero attached hydrogens (tertiary/aromatic N) is 1. The van der Waals surface area contributed by atoms with Gasteiger partial charge in [0.15, 0.2) is 0 Å². The first-order chi connectivity index (χ1) is 9.33. The van der Waals surface area contributed by atoms with Crippen molar-refractivity contribution in [1.82, 2.24) is 4.90 Å². The molecule has 1 fully saturated rings. The molecule has 0 radical (unpaired) electrons. The van der Waals surface area contributed by atoms with E-state index in [9.17, 15) is 13.2 Å². The Morgan fingerprint density at radius 1 is 1.40 bits per heavy atom. The van der Waals surface area contributed by atoms with Crippen LogP contribution >= 0.6 is 0 Å². The van der Waals surface area contributed by atoms with Gasteiger partial charge in [-0.2, -0.15) is 0 Å². The van der Waals surface area contributed by atoms with Crippen molar-refractivity contribution < 1.29 is 17.9 Å². The molecule has 1 aromatic carbocycles. The second-order valence-electron chi connectivity index (χ2n) is 5.36. The lowest BCUT2D eigenvalue weighted by molar-refractivity contribution is -0.274. The number of hydrogen-bond donors (Lipinski definition) is 1. The summed E-state index contributed by atoms with van der Waals surface area (Å²) in [5, 5.41) is 0. The van der Waals surface area contributed by atoms with Crippen LogP contribution < -0.4 is 10.5 Å². The SMILES string of the molecule is CC1CN(Cc2cccc(OC(F)(F)F)c2)CCC1N. The first-order valence-corrected chi connectivity index (χ1v) is 6.66. The number of rotatable bonds is 3. The lowest BCUT2D eigenvalue weighted by Crippen LogP contribution is -2.45. The van der Waals surface area contributed by atoms with E-state index in [-0.39, 0.29) is 11.8 Å². The van der Waals surface area contributed by atoms with Crippen LogP contribution in [0, 0.1) is 5.92 Å². The van der Waals surface area contributed by atoms with Crippen LogP contribution in [0.1, 0.15) is 18.9 Å². The van der Waals surface area contributed by atoms with Crippen LogP contribution in [-0.2, 0) is 6.54 Å². The topological polar surface area (TPSA) is 38.5 Å². The molecule has 0 amide bonds. The highest BCUT2D eigenvalue weighted by Gasteiger charge is 2.31. The molecule has 0 aliphatic carbocycles. The third-order valence-electron chi connectivity index (χ3n) is 3.59. The van der Waals surface area contributed by atoms with Crippen molar-refractivity contribution in [2.45, 2.75) is 32.3 Å². The summed E-state index contributed by atoms with van der Waals surface area (Å²) >= 11 is 0. The van der Waals surface area contributed by atoms with Gasteiger partial charge < -0.3 is 10.5 Å². The number of likely N-dealkylation sites (tertiary alicyclic amines) is 1. The van der Waals surface area contributed by atoms with Gasteiger partial charge in [-0.05, 0) is 36.6 Å². The van der Waals surface area contributed by atoms with Crippen LogP contribution in [0.15, 0.2) is 24.3 Å². The van der Waals surface area contributed by atoms with Crippen molar-refractivity contribution in [1.29, 1.82) is 0 Å². The molecule has 1 aromatic rings. The Kier molecular flexibility index (Phi) is 4.55. The molecule has 2 unspecified atom stereocenters. The van der Waals surface area contributed by atoms with Gasteiger partial charge in [0.2, 0.25) is 0 Å². The molecule has 1 aliphatic heterocycles. The van der Waals surface area contributed by atoms with E-state index in [1.54, 1.807) is 6.07 Å². The van der Waals surface area contributed by atoms with E-state index in [0.717, 1.165) is 25.1 Å². The molecular formula is C14H19F3N2O. The highest BCUT2D eigenvalue weighted by Crippen LogP contribution is 2.24. The van der Waals surface area contributed by atoms with Crippen molar-refractivity contribution in [3.63, 3.8) is 0 Å². The van der Waals surface area contributed by atoms with Crippen LogP contribution in [0.5, 0.6) is 5.75 Å². The molecule has 0 bridgehead atoms. The van der Waals surface area contributed by atoms with Gasteiger partial charge in [0, 0.05) is 19.1 Å². The number of piperidine rings is 1. The Morgan fingerprint density at radius 2 is 2.15 bits per heavy atom. The Bertz CT molecular complexity index is 450. The molecule has 2 rings (SSSR count). The maximum absolute atomic E-state index is 12.2. The number of nitrogens with two attached hydrogens (primary N) is 1. The van der Waals surface area contributed by atoms with Crippen LogP contribution in [0.25, 0.3) is 0 Å². The second kappa shape index (κ2) is 6.01. The normalized spacial score (nSPS) is 24.6. The average Bonchev–Trinajstić information content (AvgIpc) is 2.32. The molecule has 1 aliphatic rings. The van der Waals surface area contributed by atoms with E-state index >= 15 is 0 Å². The van der Waals surface area contributed by atoms with E-state index < -0.39 is 6.36 Å². The summed E-state index contributed by atoms with van der Waals surface area (Å²) in [6.07, 6.45) is -3.73. The first kappa shape index (κ1) is 15.1. The summed E-state index contributed by atoms with van der Waals surface area (Å²) in [5.74, 6) is 0.232. The number of hydrogen-bond acceptors (Lipinski definition) is 3. The van der Waals surface area contributed by atoms with E-state index in [2.05, 4.69) is 16.6 Å². The molecule has 20 heavy (non-hydrogen) atoms. The number of benzene rings is 1. The van der Waals surface area contributed by atoms with Gasteiger partial charge >= 0.3 is 6.36 Å². The third-order valence-corrected chi connectivity index (χ3v) is 3.59. The molecule has 2 N–H and O–H groups in total. The number of halogens is 3. The Labute approximate surface area is 116 Å². The average molecular weight is 288 g/mol. The molecule has 112 valence electrons. The smallest absolute Gasteiger partial charge is 0.406 e. The van der Waals surface area contributed by atoms with Crippen LogP contribution in [0.3, 0.4) is 0 Å². The predicted molar refractivity (Wildman–Crippen MR) is 70.2 cm³/mol. The van der Waals surface area contributed by atoms with E-state index in [1.807, 2.05) is 6.07 Å². The fourth-order valence-corrected chi connectivity index (χ4v) is 2.49. The summed E-state index contributed by atoms with van der Waals surface area (Å²) in [6.45, 7) is 4.45. The van der Waals surface area contributed by atoms with Crippen LogP contribution in [0.4, 0.5) is 13.2 Å². The minimum atomic E-state index is -4.65. The largest absolute Gasteiger partial charge is 0.573 e. The summed E-state index contributed by atoms with van der Waals surface area (Å²) in [6, 6.07) is 6.35. The van der Waals surface area contributed by atoms with Crippen molar-refractivity contribution in [2.24, 2.45) is 11.7 Å². The lowest BCUT2D eigenvalue weighted by atomic mass is 9.94. The highest BCUT2D eigenvalue weighted by atomic mass is 19.4. The van der Waals surface area contributed by atoms with E-state index in [1.165, 1.54) is 12.1 Å². The summed E-state index contributed by atoms with van der Waals surface area (Å²) in [4.78, 5) is 2.21.